The monoisotopic (exact) mass is 222 g/mol. The van der Waals surface area contributed by atoms with Crippen LogP contribution in [0.3, 0.4) is 0 Å². The molecule has 0 fully saturated rings. The second-order valence-electron chi connectivity index (χ2n) is 3.82. The lowest BCUT2D eigenvalue weighted by Gasteiger charge is -2.13. The molecule has 0 heterocycles. The van der Waals surface area contributed by atoms with E-state index in [4.69, 9.17) is 10.6 Å². The number of carbonyl (C=O) groups excluding carboxylic acids is 1. The van der Waals surface area contributed by atoms with E-state index in [1.165, 1.54) is 7.05 Å². The van der Waals surface area contributed by atoms with Gasteiger partial charge in [-0.2, -0.15) is 0 Å². The second-order valence-corrected chi connectivity index (χ2v) is 3.82. The summed E-state index contributed by atoms with van der Waals surface area (Å²) in [5.74, 6) is 6.03. The quantitative estimate of drug-likeness (QED) is 0.476. The minimum absolute atomic E-state index is 0.133. The number of amides is 1. The standard InChI is InChI=1S/C12H18N2O2/c1-9-5-4-6-10(2)12(9)16-8-7-11(15)14(3)13/h4-6H,7-8,13H2,1-3H3. The molecule has 0 saturated carbocycles. The highest BCUT2D eigenvalue weighted by atomic mass is 16.5. The molecule has 0 spiro atoms. The topological polar surface area (TPSA) is 55.6 Å². The van der Waals surface area contributed by atoms with Crippen LogP contribution in [0.15, 0.2) is 18.2 Å². The number of aryl methyl sites for hydroxylation is 2. The number of benzene rings is 1. The summed E-state index contributed by atoms with van der Waals surface area (Å²) in [5.41, 5.74) is 2.15. The van der Waals surface area contributed by atoms with E-state index in [1.54, 1.807) is 0 Å². The Bertz CT molecular complexity index is 355. The molecule has 1 aromatic carbocycles. The first kappa shape index (κ1) is 12.5. The smallest absolute Gasteiger partial charge is 0.239 e. The first-order chi connectivity index (χ1) is 7.52. The normalized spacial score (nSPS) is 10.0. The van der Waals surface area contributed by atoms with Crippen LogP contribution >= 0.6 is 0 Å². The van der Waals surface area contributed by atoms with E-state index in [2.05, 4.69) is 0 Å². The number of carbonyl (C=O) groups is 1. The number of hydrogen-bond acceptors (Lipinski definition) is 3. The summed E-state index contributed by atoms with van der Waals surface area (Å²) in [7, 11) is 1.53. The zero-order valence-corrected chi connectivity index (χ0v) is 9.99. The Morgan fingerprint density at radius 2 is 1.94 bits per heavy atom. The number of ether oxygens (including phenoxy) is 1. The highest BCUT2D eigenvalue weighted by molar-refractivity contribution is 5.75. The molecule has 1 amide bonds. The molecule has 0 aliphatic rings. The maximum absolute atomic E-state index is 11.2. The van der Waals surface area contributed by atoms with Gasteiger partial charge in [0.2, 0.25) is 5.91 Å². The third-order valence-electron chi connectivity index (χ3n) is 2.36. The Labute approximate surface area is 96.0 Å². The minimum Gasteiger partial charge on any atom is -0.493 e. The number of nitrogens with zero attached hydrogens (tertiary/aromatic N) is 1. The maximum Gasteiger partial charge on any atom is 0.239 e. The third kappa shape index (κ3) is 3.24. The van der Waals surface area contributed by atoms with Gasteiger partial charge in [-0.15, -0.1) is 0 Å². The molecule has 16 heavy (non-hydrogen) atoms. The molecule has 88 valence electrons. The van der Waals surface area contributed by atoms with Crippen LogP contribution in [0, 0.1) is 13.8 Å². The number of rotatable bonds is 4. The Balaban J connectivity index is 2.52. The predicted octanol–water partition coefficient (Wildman–Crippen LogP) is 1.40. The van der Waals surface area contributed by atoms with Crippen molar-refractivity contribution in [1.82, 2.24) is 5.01 Å². The van der Waals surface area contributed by atoms with Crippen molar-refractivity contribution < 1.29 is 9.53 Å². The summed E-state index contributed by atoms with van der Waals surface area (Å²) >= 11 is 0. The van der Waals surface area contributed by atoms with Crippen molar-refractivity contribution in [2.45, 2.75) is 20.3 Å². The van der Waals surface area contributed by atoms with Crippen LogP contribution in [0.2, 0.25) is 0 Å². The van der Waals surface area contributed by atoms with Crippen LogP contribution in [0.4, 0.5) is 0 Å². The van der Waals surface area contributed by atoms with Crippen molar-refractivity contribution >= 4 is 5.91 Å². The summed E-state index contributed by atoms with van der Waals surface area (Å²) in [6.07, 6.45) is 0.292. The fourth-order valence-electron chi connectivity index (χ4n) is 1.44. The molecule has 0 bridgehead atoms. The molecule has 0 radical (unpaired) electrons. The van der Waals surface area contributed by atoms with Crippen molar-refractivity contribution in [2.75, 3.05) is 13.7 Å². The fourth-order valence-corrected chi connectivity index (χ4v) is 1.44. The molecule has 1 aromatic rings. The van der Waals surface area contributed by atoms with Gasteiger partial charge in [-0.05, 0) is 25.0 Å². The van der Waals surface area contributed by atoms with Gasteiger partial charge in [0.15, 0.2) is 0 Å². The number of hydrazine groups is 1. The number of nitrogens with two attached hydrogens (primary N) is 1. The molecule has 2 N–H and O–H groups in total. The fraction of sp³-hybridized carbons (Fsp3) is 0.417. The second kappa shape index (κ2) is 5.51. The third-order valence-corrected chi connectivity index (χ3v) is 2.36. The molecule has 4 nitrogen and oxygen atoms in total. The average molecular weight is 222 g/mol. The highest BCUT2D eigenvalue weighted by Gasteiger charge is 2.07. The lowest BCUT2D eigenvalue weighted by molar-refractivity contribution is -0.130. The summed E-state index contributed by atoms with van der Waals surface area (Å²) in [4.78, 5) is 11.2. The van der Waals surface area contributed by atoms with Gasteiger partial charge < -0.3 is 4.74 Å². The van der Waals surface area contributed by atoms with Crippen LogP contribution in [0.5, 0.6) is 5.75 Å². The molecule has 0 atom stereocenters. The van der Waals surface area contributed by atoms with Crippen molar-refractivity contribution in [2.24, 2.45) is 5.84 Å². The lowest BCUT2D eigenvalue weighted by Crippen LogP contribution is -2.33. The van der Waals surface area contributed by atoms with Gasteiger partial charge in [-0.25, -0.2) is 5.84 Å². The first-order valence-corrected chi connectivity index (χ1v) is 5.22. The van der Waals surface area contributed by atoms with E-state index in [0.29, 0.717) is 13.0 Å². The van der Waals surface area contributed by atoms with Crippen molar-refractivity contribution in [3.8, 4) is 5.75 Å². The molecule has 0 aliphatic heterocycles. The molecule has 0 unspecified atom stereocenters. The van der Waals surface area contributed by atoms with Gasteiger partial charge in [0, 0.05) is 7.05 Å². The van der Waals surface area contributed by atoms with Crippen LogP contribution in [0.1, 0.15) is 17.5 Å². The van der Waals surface area contributed by atoms with Gasteiger partial charge in [0.1, 0.15) is 5.75 Å². The number of hydrogen-bond donors (Lipinski definition) is 1. The Morgan fingerprint density at radius 1 is 1.38 bits per heavy atom. The number of para-hydroxylation sites is 1. The first-order valence-electron chi connectivity index (χ1n) is 5.22. The molecule has 0 saturated heterocycles. The van der Waals surface area contributed by atoms with E-state index in [-0.39, 0.29) is 5.91 Å². The molecule has 4 heteroatoms. The van der Waals surface area contributed by atoms with Gasteiger partial charge in [0.05, 0.1) is 13.0 Å². The van der Waals surface area contributed by atoms with E-state index in [1.807, 2.05) is 32.0 Å². The van der Waals surface area contributed by atoms with E-state index in [0.717, 1.165) is 21.9 Å². The predicted molar refractivity (Wildman–Crippen MR) is 63.0 cm³/mol. The van der Waals surface area contributed by atoms with Crippen molar-refractivity contribution in [1.29, 1.82) is 0 Å². The molecule has 1 rings (SSSR count). The lowest BCUT2D eigenvalue weighted by atomic mass is 10.1. The van der Waals surface area contributed by atoms with Crippen molar-refractivity contribution in [3.63, 3.8) is 0 Å². The summed E-state index contributed by atoms with van der Waals surface area (Å²) in [6.45, 7) is 4.32. The van der Waals surface area contributed by atoms with Gasteiger partial charge in [-0.3, -0.25) is 9.80 Å². The van der Waals surface area contributed by atoms with Gasteiger partial charge >= 0.3 is 0 Å². The maximum atomic E-state index is 11.2. The largest absolute Gasteiger partial charge is 0.493 e. The Hall–Kier alpha value is -1.55. The average Bonchev–Trinajstić information content (AvgIpc) is 2.22. The zero-order chi connectivity index (χ0) is 12.1. The minimum atomic E-state index is -0.133. The van der Waals surface area contributed by atoms with Gasteiger partial charge in [-0.1, -0.05) is 18.2 Å². The summed E-state index contributed by atoms with van der Waals surface area (Å²) in [5, 5.41) is 1.08. The van der Waals surface area contributed by atoms with Crippen LogP contribution in [-0.4, -0.2) is 24.6 Å². The zero-order valence-electron chi connectivity index (χ0n) is 9.99. The van der Waals surface area contributed by atoms with Crippen LogP contribution < -0.4 is 10.6 Å². The summed E-state index contributed by atoms with van der Waals surface area (Å²) in [6, 6.07) is 5.95. The molecule has 0 aromatic heterocycles. The van der Waals surface area contributed by atoms with E-state index >= 15 is 0 Å². The summed E-state index contributed by atoms with van der Waals surface area (Å²) < 4.78 is 5.59. The van der Waals surface area contributed by atoms with Crippen LogP contribution in [0.25, 0.3) is 0 Å². The molecular weight excluding hydrogens is 204 g/mol. The van der Waals surface area contributed by atoms with Crippen molar-refractivity contribution in [3.05, 3.63) is 29.3 Å². The Kier molecular flexibility index (Phi) is 4.31. The molecular formula is C12H18N2O2. The van der Waals surface area contributed by atoms with Crippen LogP contribution in [-0.2, 0) is 4.79 Å². The van der Waals surface area contributed by atoms with E-state index < -0.39 is 0 Å². The SMILES string of the molecule is Cc1cccc(C)c1OCCC(=O)N(C)N. The molecule has 0 aliphatic carbocycles. The Morgan fingerprint density at radius 3 is 2.44 bits per heavy atom. The van der Waals surface area contributed by atoms with Gasteiger partial charge in [0.25, 0.3) is 0 Å². The highest BCUT2D eigenvalue weighted by Crippen LogP contribution is 2.22. The van der Waals surface area contributed by atoms with E-state index in [9.17, 15) is 4.79 Å².